The first-order valence-corrected chi connectivity index (χ1v) is 11.9. The molecule has 0 bridgehead atoms. The van der Waals surface area contributed by atoms with Gasteiger partial charge in [0.15, 0.2) is 5.82 Å². The molecule has 1 aromatic heterocycles. The highest BCUT2D eigenvalue weighted by atomic mass is 16.2. The Labute approximate surface area is 200 Å². The summed E-state index contributed by atoms with van der Waals surface area (Å²) in [5, 5.41) is 8.80. The first kappa shape index (κ1) is 22.1. The second-order valence-corrected chi connectivity index (χ2v) is 8.99. The second kappa shape index (κ2) is 9.63. The highest BCUT2D eigenvalue weighted by molar-refractivity contribution is 5.89. The predicted octanol–water partition coefficient (Wildman–Crippen LogP) is 3.40. The largest absolute Gasteiger partial charge is 0.352 e. The van der Waals surface area contributed by atoms with Crippen LogP contribution in [0.5, 0.6) is 0 Å². The van der Waals surface area contributed by atoms with Gasteiger partial charge in [0.1, 0.15) is 0 Å². The maximum Gasteiger partial charge on any atom is 0.228 e. The van der Waals surface area contributed by atoms with Crippen LogP contribution in [-0.4, -0.2) is 64.5 Å². The van der Waals surface area contributed by atoms with Crippen LogP contribution in [0.15, 0.2) is 72.8 Å². The topological polar surface area (TPSA) is 69.6 Å². The normalized spacial score (nSPS) is 19.4. The fourth-order valence-corrected chi connectivity index (χ4v) is 4.85. The molecule has 7 heteroatoms. The number of hydrogen-bond acceptors (Lipinski definition) is 5. The van der Waals surface area contributed by atoms with E-state index in [2.05, 4.69) is 15.1 Å². The van der Waals surface area contributed by atoms with E-state index in [9.17, 15) is 9.59 Å². The maximum atomic E-state index is 13.2. The number of carbonyl (C=O) groups is 2. The van der Waals surface area contributed by atoms with Crippen molar-refractivity contribution < 1.29 is 9.59 Å². The molecule has 34 heavy (non-hydrogen) atoms. The molecule has 174 valence electrons. The van der Waals surface area contributed by atoms with E-state index in [0.29, 0.717) is 39.1 Å². The van der Waals surface area contributed by atoms with Crippen LogP contribution in [0.2, 0.25) is 0 Å². The van der Waals surface area contributed by atoms with Crippen LogP contribution in [0, 0.1) is 5.92 Å². The lowest BCUT2D eigenvalue weighted by molar-refractivity contribution is -0.136. The number of benzene rings is 2. The van der Waals surface area contributed by atoms with Crippen molar-refractivity contribution >= 4 is 17.6 Å². The van der Waals surface area contributed by atoms with Crippen LogP contribution >= 0.6 is 0 Å². The third kappa shape index (κ3) is 4.51. The molecule has 3 aromatic rings. The third-order valence-corrected chi connectivity index (χ3v) is 6.89. The molecule has 3 heterocycles. The van der Waals surface area contributed by atoms with Gasteiger partial charge in [-0.15, -0.1) is 10.2 Å². The summed E-state index contributed by atoms with van der Waals surface area (Å²) in [6.07, 6.45) is 0.294. The zero-order chi connectivity index (χ0) is 23.5. The van der Waals surface area contributed by atoms with Gasteiger partial charge in [-0.1, -0.05) is 60.7 Å². The Morgan fingerprint density at radius 3 is 2.21 bits per heavy atom. The molecule has 0 radical (unpaired) electrons. The number of rotatable bonds is 5. The van der Waals surface area contributed by atoms with Crippen molar-refractivity contribution in [3.05, 3.63) is 78.4 Å². The van der Waals surface area contributed by atoms with Crippen LogP contribution in [-0.2, 0) is 9.59 Å². The first-order valence-electron chi connectivity index (χ1n) is 11.9. The SMILES string of the molecule is CC(c1ccccc1)N1CC(C(=O)N2CCN(c3ccc(-c4ccccc4)nn3)CC2)CC1=O. The predicted molar refractivity (Wildman–Crippen MR) is 131 cm³/mol. The monoisotopic (exact) mass is 455 g/mol. The second-order valence-electron chi connectivity index (χ2n) is 8.99. The summed E-state index contributed by atoms with van der Waals surface area (Å²) in [5.74, 6) is 0.698. The van der Waals surface area contributed by atoms with Gasteiger partial charge in [-0.2, -0.15) is 0 Å². The lowest BCUT2D eigenvalue weighted by Gasteiger charge is -2.36. The van der Waals surface area contributed by atoms with Crippen molar-refractivity contribution in [1.29, 1.82) is 0 Å². The Balaban J connectivity index is 1.17. The number of aromatic nitrogens is 2. The first-order chi connectivity index (χ1) is 16.6. The van der Waals surface area contributed by atoms with Crippen molar-refractivity contribution in [1.82, 2.24) is 20.0 Å². The van der Waals surface area contributed by atoms with E-state index in [4.69, 9.17) is 0 Å². The number of anilines is 1. The molecule has 2 atom stereocenters. The number of carbonyl (C=O) groups excluding carboxylic acids is 2. The average molecular weight is 456 g/mol. The number of amides is 2. The summed E-state index contributed by atoms with van der Waals surface area (Å²) in [5.41, 5.74) is 2.98. The Morgan fingerprint density at radius 1 is 0.882 bits per heavy atom. The highest BCUT2D eigenvalue weighted by Crippen LogP contribution is 2.30. The summed E-state index contributed by atoms with van der Waals surface area (Å²) in [7, 11) is 0. The molecule has 2 aromatic carbocycles. The third-order valence-electron chi connectivity index (χ3n) is 6.89. The summed E-state index contributed by atoms with van der Waals surface area (Å²) in [6, 6.07) is 23.9. The maximum absolute atomic E-state index is 13.2. The van der Waals surface area contributed by atoms with E-state index in [0.717, 1.165) is 22.6 Å². The molecule has 2 aliphatic rings. The molecule has 0 N–H and O–H groups in total. The molecule has 0 aliphatic carbocycles. The van der Waals surface area contributed by atoms with Crippen LogP contribution in [0.1, 0.15) is 24.9 Å². The molecular weight excluding hydrogens is 426 g/mol. The molecule has 0 spiro atoms. The van der Waals surface area contributed by atoms with Crippen molar-refractivity contribution in [2.24, 2.45) is 5.92 Å². The molecular formula is C27H29N5O2. The minimum absolute atomic E-state index is 0.0271. The molecule has 2 amide bonds. The standard InChI is InChI=1S/C27H29N5O2/c1-20(21-8-4-2-5-9-21)32-19-23(18-26(32)33)27(34)31-16-14-30(15-17-31)25-13-12-24(28-29-25)22-10-6-3-7-11-22/h2-13,20,23H,14-19H2,1H3. The van der Waals surface area contributed by atoms with Gasteiger partial charge in [-0.3, -0.25) is 9.59 Å². The van der Waals surface area contributed by atoms with Crippen LogP contribution < -0.4 is 4.90 Å². The van der Waals surface area contributed by atoms with E-state index in [1.807, 2.05) is 89.5 Å². The van der Waals surface area contributed by atoms with Crippen molar-refractivity contribution in [3.8, 4) is 11.3 Å². The molecule has 5 rings (SSSR count). The molecule has 2 unspecified atom stereocenters. The summed E-state index contributed by atoms with van der Waals surface area (Å²) in [4.78, 5) is 31.8. The van der Waals surface area contributed by atoms with Crippen LogP contribution in [0.25, 0.3) is 11.3 Å². The van der Waals surface area contributed by atoms with Crippen molar-refractivity contribution in [2.75, 3.05) is 37.6 Å². The fourth-order valence-electron chi connectivity index (χ4n) is 4.85. The molecule has 2 saturated heterocycles. The Hall–Kier alpha value is -3.74. The van der Waals surface area contributed by atoms with Gasteiger partial charge in [0.05, 0.1) is 17.7 Å². The van der Waals surface area contributed by atoms with Gasteiger partial charge < -0.3 is 14.7 Å². The van der Waals surface area contributed by atoms with E-state index >= 15 is 0 Å². The van der Waals surface area contributed by atoms with Crippen molar-refractivity contribution in [2.45, 2.75) is 19.4 Å². The van der Waals surface area contributed by atoms with Gasteiger partial charge in [0, 0.05) is 44.7 Å². The van der Waals surface area contributed by atoms with E-state index in [-0.39, 0.29) is 23.8 Å². The van der Waals surface area contributed by atoms with Gasteiger partial charge in [-0.05, 0) is 24.6 Å². The zero-order valence-corrected chi connectivity index (χ0v) is 19.4. The zero-order valence-electron chi connectivity index (χ0n) is 19.4. The quantitative estimate of drug-likeness (QED) is 0.590. The Morgan fingerprint density at radius 2 is 1.56 bits per heavy atom. The van der Waals surface area contributed by atoms with Gasteiger partial charge in [0.25, 0.3) is 0 Å². The Kier molecular flexibility index (Phi) is 6.25. The van der Waals surface area contributed by atoms with Gasteiger partial charge >= 0.3 is 0 Å². The fraction of sp³-hybridized carbons (Fsp3) is 0.333. The minimum atomic E-state index is -0.268. The average Bonchev–Trinajstić information content (AvgIpc) is 3.30. The number of hydrogen-bond donors (Lipinski definition) is 0. The molecule has 2 aliphatic heterocycles. The number of piperazine rings is 1. The summed E-state index contributed by atoms with van der Waals surface area (Å²) in [6.45, 7) is 5.18. The number of nitrogens with zero attached hydrogens (tertiary/aromatic N) is 5. The van der Waals surface area contributed by atoms with E-state index in [1.54, 1.807) is 0 Å². The smallest absolute Gasteiger partial charge is 0.228 e. The van der Waals surface area contributed by atoms with Crippen LogP contribution in [0.3, 0.4) is 0 Å². The summed E-state index contributed by atoms with van der Waals surface area (Å²) < 4.78 is 0. The van der Waals surface area contributed by atoms with E-state index in [1.165, 1.54) is 0 Å². The molecule has 7 nitrogen and oxygen atoms in total. The minimum Gasteiger partial charge on any atom is -0.352 e. The highest BCUT2D eigenvalue weighted by Gasteiger charge is 2.39. The molecule has 0 saturated carbocycles. The van der Waals surface area contributed by atoms with Crippen LogP contribution in [0.4, 0.5) is 5.82 Å². The van der Waals surface area contributed by atoms with E-state index < -0.39 is 0 Å². The van der Waals surface area contributed by atoms with Crippen molar-refractivity contribution in [3.63, 3.8) is 0 Å². The van der Waals surface area contributed by atoms with Gasteiger partial charge in [0.2, 0.25) is 11.8 Å². The van der Waals surface area contributed by atoms with Gasteiger partial charge in [-0.25, -0.2) is 0 Å². The Bertz CT molecular complexity index is 1130. The lowest BCUT2D eigenvalue weighted by Crippen LogP contribution is -2.51. The lowest BCUT2D eigenvalue weighted by atomic mass is 10.1. The number of likely N-dealkylation sites (tertiary alicyclic amines) is 1. The molecule has 2 fully saturated rings. The summed E-state index contributed by atoms with van der Waals surface area (Å²) >= 11 is 0.